The lowest BCUT2D eigenvalue weighted by Gasteiger charge is -2.69. The minimum Gasteiger partial charge on any atom is -0.504 e. The number of halogens is 3. The van der Waals surface area contributed by atoms with Gasteiger partial charge in [0.05, 0.1) is 11.5 Å². The zero-order valence-electron chi connectivity index (χ0n) is 26.8. The first-order valence-corrected chi connectivity index (χ1v) is 16.2. The van der Waals surface area contributed by atoms with Gasteiger partial charge in [-0.25, -0.2) is 0 Å². The lowest BCUT2D eigenvalue weighted by Crippen LogP contribution is -2.82. The number of likely N-dealkylation sites (N-methyl/N-ethyl adjacent to an activating group) is 2. The minimum absolute atomic E-state index is 0.124. The first-order valence-electron chi connectivity index (χ1n) is 16.2. The molecule has 0 aromatic heterocycles. The van der Waals surface area contributed by atoms with Gasteiger partial charge in [-0.2, -0.15) is 0 Å². The Balaban J connectivity index is 1.21. The monoisotopic (exact) mass is 647 g/mol. The second-order valence-electron chi connectivity index (χ2n) is 13.5. The van der Waals surface area contributed by atoms with Crippen LogP contribution in [0.1, 0.15) is 41.5 Å². The molecule has 3 aromatic carbocycles. The summed E-state index contributed by atoms with van der Waals surface area (Å²) >= 11 is 0. The number of ether oxygens (including phenoxy) is 2. The standard InChI is InChI=1S/C37H40F3N3O4/c1-41(2)36-18-16-28(42(3)31(45)15-12-25-10-7-11-27(22-25)47-37(38,39)40)34-35(36)19-21-43(20-17-24-8-5-4-6-9-24)30(36)23-26-13-14-29(44)33(46-34)32(26)35/h4-15,22,28,30,34,44H,16-21,23H2,1-3H3/b15-12+/t28?,30-,34?,35+,36-/m1/s1. The highest BCUT2D eigenvalue weighted by Crippen LogP contribution is 2.67. The third-order valence-corrected chi connectivity index (χ3v) is 11.2. The normalized spacial score (nSPS) is 27.9. The molecule has 5 atom stereocenters. The van der Waals surface area contributed by atoms with E-state index in [2.05, 4.69) is 52.9 Å². The zero-order chi connectivity index (χ0) is 33.1. The average Bonchev–Trinajstić information content (AvgIpc) is 3.39. The summed E-state index contributed by atoms with van der Waals surface area (Å²) < 4.78 is 49.1. The van der Waals surface area contributed by atoms with Crippen molar-refractivity contribution < 1.29 is 32.5 Å². The van der Waals surface area contributed by atoms with Gasteiger partial charge in [-0.3, -0.25) is 9.69 Å². The van der Waals surface area contributed by atoms with Crippen molar-refractivity contribution in [2.45, 2.75) is 67.6 Å². The van der Waals surface area contributed by atoms with E-state index in [-0.39, 0.29) is 41.1 Å². The Morgan fingerprint density at radius 3 is 2.62 bits per heavy atom. The number of phenolic OH excluding ortho intramolecular Hbond substituents is 1. The smallest absolute Gasteiger partial charge is 0.504 e. The van der Waals surface area contributed by atoms with E-state index in [0.29, 0.717) is 17.7 Å². The first kappa shape index (κ1) is 31.6. The Morgan fingerprint density at radius 1 is 1.09 bits per heavy atom. The van der Waals surface area contributed by atoms with Gasteiger partial charge < -0.3 is 24.4 Å². The van der Waals surface area contributed by atoms with Crippen LogP contribution in [-0.4, -0.2) is 90.0 Å². The quantitative estimate of drug-likeness (QED) is 0.312. The van der Waals surface area contributed by atoms with E-state index < -0.39 is 11.8 Å². The number of nitrogens with zero attached hydrogens (tertiary/aromatic N) is 3. The molecule has 1 saturated heterocycles. The molecule has 7 rings (SSSR count). The van der Waals surface area contributed by atoms with E-state index in [9.17, 15) is 23.1 Å². The molecule has 2 bridgehead atoms. The maximum Gasteiger partial charge on any atom is 0.573 e. The summed E-state index contributed by atoms with van der Waals surface area (Å²) in [7, 11) is 6.09. The van der Waals surface area contributed by atoms with E-state index in [4.69, 9.17) is 4.74 Å². The van der Waals surface area contributed by atoms with Crippen LogP contribution >= 0.6 is 0 Å². The number of alkyl halides is 3. The van der Waals surface area contributed by atoms with Gasteiger partial charge in [0, 0.05) is 36.8 Å². The van der Waals surface area contributed by atoms with Gasteiger partial charge in [-0.1, -0.05) is 48.5 Å². The molecule has 0 radical (unpaired) electrons. The SMILES string of the molecule is CN(C(=O)/C=C/c1cccc(OC(F)(F)F)c1)C1CC[C@@]2(N(C)C)[C@H]3Cc4ccc(O)c5c4[C@@]2(CCN3CCc2ccccc2)C1O5. The van der Waals surface area contributed by atoms with Crippen molar-refractivity contribution in [1.82, 2.24) is 14.7 Å². The van der Waals surface area contributed by atoms with Gasteiger partial charge in [0.15, 0.2) is 11.5 Å². The number of likely N-dealkylation sites (tertiary alicyclic amines) is 1. The molecular weight excluding hydrogens is 607 g/mol. The van der Waals surface area contributed by atoms with Gasteiger partial charge in [-0.15, -0.1) is 13.2 Å². The topological polar surface area (TPSA) is 65.5 Å². The van der Waals surface area contributed by atoms with E-state index in [1.54, 1.807) is 24.1 Å². The number of carbonyl (C=O) groups is 1. The highest BCUT2D eigenvalue weighted by atomic mass is 19.4. The molecule has 47 heavy (non-hydrogen) atoms. The van der Waals surface area contributed by atoms with Crippen molar-refractivity contribution in [2.24, 2.45) is 0 Å². The Morgan fingerprint density at radius 2 is 1.87 bits per heavy atom. The summed E-state index contributed by atoms with van der Waals surface area (Å²) in [5, 5.41) is 11.1. The largest absolute Gasteiger partial charge is 0.573 e. The molecule has 2 unspecified atom stereocenters. The molecule has 10 heteroatoms. The molecule has 7 nitrogen and oxygen atoms in total. The molecule has 2 aliphatic heterocycles. The number of rotatable bonds is 8. The van der Waals surface area contributed by atoms with E-state index in [1.807, 2.05) is 12.1 Å². The average molecular weight is 648 g/mol. The molecule has 4 aliphatic rings. The van der Waals surface area contributed by atoms with Crippen LogP contribution in [0, 0.1) is 0 Å². The van der Waals surface area contributed by atoms with Gasteiger partial charge in [0.25, 0.3) is 0 Å². The molecule has 2 fully saturated rings. The molecule has 2 heterocycles. The molecule has 3 aromatic rings. The van der Waals surface area contributed by atoms with Crippen LogP contribution in [0.15, 0.2) is 72.8 Å². The number of amides is 1. The molecule has 1 N–H and O–H groups in total. The summed E-state index contributed by atoms with van der Waals surface area (Å²) in [4.78, 5) is 20.4. The number of aromatic hydroxyl groups is 1. The third-order valence-electron chi connectivity index (χ3n) is 11.2. The van der Waals surface area contributed by atoms with Crippen LogP contribution in [0.25, 0.3) is 6.08 Å². The highest BCUT2D eigenvalue weighted by Gasteiger charge is 2.74. The van der Waals surface area contributed by atoms with Gasteiger partial charge in [-0.05, 0) is 93.7 Å². The van der Waals surface area contributed by atoms with Crippen molar-refractivity contribution in [3.8, 4) is 17.2 Å². The second kappa shape index (κ2) is 11.6. The van der Waals surface area contributed by atoms with Crippen molar-refractivity contribution >= 4 is 12.0 Å². The molecule has 248 valence electrons. The van der Waals surface area contributed by atoms with E-state index in [1.165, 1.54) is 41.5 Å². The number of piperidine rings is 1. The molecule has 1 spiro atoms. The van der Waals surface area contributed by atoms with Crippen molar-refractivity contribution in [3.63, 3.8) is 0 Å². The lowest BCUT2D eigenvalue weighted by molar-refractivity contribution is -0.274. The summed E-state index contributed by atoms with van der Waals surface area (Å²) in [5.74, 6) is 0.0440. The van der Waals surface area contributed by atoms with Crippen molar-refractivity contribution in [2.75, 3.05) is 34.2 Å². The number of hydrogen-bond acceptors (Lipinski definition) is 6. The van der Waals surface area contributed by atoms with Gasteiger partial charge >= 0.3 is 6.36 Å². The van der Waals surface area contributed by atoms with Crippen LogP contribution in [0.4, 0.5) is 13.2 Å². The number of carbonyl (C=O) groups excluding carboxylic acids is 1. The molecule has 1 saturated carbocycles. The molecule has 2 aliphatic carbocycles. The summed E-state index contributed by atoms with van der Waals surface area (Å²) in [6.45, 7) is 1.82. The Bertz CT molecular complexity index is 1700. The maximum absolute atomic E-state index is 13.7. The highest BCUT2D eigenvalue weighted by molar-refractivity contribution is 5.92. The Kier molecular flexibility index (Phi) is 7.79. The van der Waals surface area contributed by atoms with Crippen LogP contribution in [0.2, 0.25) is 0 Å². The Labute approximate surface area is 273 Å². The van der Waals surface area contributed by atoms with E-state index in [0.717, 1.165) is 44.3 Å². The fraction of sp³-hybridized carbons (Fsp3) is 0.432. The van der Waals surface area contributed by atoms with Crippen LogP contribution in [-0.2, 0) is 23.1 Å². The summed E-state index contributed by atoms with van der Waals surface area (Å²) in [5.41, 5.74) is 3.29. The minimum atomic E-state index is -4.80. The van der Waals surface area contributed by atoms with Crippen LogP contribution < -0.4 is 9.47 Å². The summed E-state index contributed by atoms with van der Waals surface area (Å²) in [6.07, 6.45) is 1.88. The lowest BCUT2D eigenvalue weighted by atomic mass is 9.46. The maximum atomic E-state index is 13.7. The first-order chi connectivity index (χ1) is 22.4. The third kappa shape index (κ3) is 5.08. The van der Waals surface area contributed by atoms with Gasteiger partial charge in [0.1, 0.15) is 11.9 Å². The van der Waals surface area contributed by atoms with Crippen LogP contribution in [0.3, 0.4) is 0 Å². The van der Waals surface area contributed by atoms with E-state index >= 15 is 0 Å². The second-order valence-corrected chi connectivity index (χ2v) is 13.5. The fourth-order valence-corrected chi connectivity index (χ4v) is 9.37. The fourth-order valence-electron chi connectivity index (χ4n) is 9.37. The van der Waals surface area contributed by atoms with Gasteiger partial charge in [0.2, 0.25) is 5.91 Å². The van der Waals surface area contributed by atoms with Crippen molar-refractivity contribution in [1.29, 1.82) is 0 Å². The number of phenols is 1. The Hall–Kier alpha value is -4.02. The number of benzene rings is 3. The molecule has 1 amide bonds. The number of hydrogen-bond donors (Lipinski definition) is 1. The van der Waals surface area contributed by atoms with Crippen molar-refractivity contribution in [3.05, 3.63) is 95.1 Å². The predicted molar refractivity (Wildman–Crippen MR) is 172 cm³/mol. The molecular formula is C37H40F3N3O4. The predicted octanol–water partition coefficient (Wildman–Crippen LogP) is 5.80. The zero-order valence-corrected chi connectivity index (χ0v) is 26.8. The summed E-state index contributed by atoms with van der Waals surface area (Å²) in [6, 6.07) is 19.8. The van der Waals surface area contributed by atoms with Crippen LogP contribution in [0.5, 0.6) is 17.2 Å².